The number of hydrogen-bond donors (Lipinski definition) is 0. The monoisotopic (exact) mass is 618 g/mol. The third-order valence-corrected chi connectivity index (χ3v) is 10.5. The molecule has 0 bridgehead atoms. The van der Waals surface area contributed by atoms with Crippen molar-refractivity contribution >= 4 is 0 Å². The van der Waals surface area contributed by atoms with E-state index in [1.807, 2.05) is 36.7 Å². The van der Waals surface area contributed by atoms with Crippen LogP contribution in [0.5, 0.6) is 0 Å². The second kappa shape index (κ2) is 10.4. The van der Waals surface area contributed by atoms with Crippen LogP contribution in [0.1, 0.15) is 49.9 Å². The molecule has 0 radical (unpaired) electrons. The maximum Gasteiger partial charge on any atom is 0.0725 e. The molecule has 0 saturated carbocycles. The molecule has 3 aromatic carbocycles. The van der Waals surface area contributed by atoms with Crippen LogP contribution in [0.15, 0.2) is 134 Å². The van der Waals surface area contributed by atoms with Gasteiger partial charge in [-0.05, 0) is 117 Å². The van der Waals surface area contributed by atoms with Crippen LogP contribution in [0, 0.1) is 0 Å². The van der Waals surface area contributed by atoms with Crippen LogP contribution in [0.2, 0.25) is 0 Å². The summed E-state index contributed by atoms with van der Waals surface area (Å²) in [6.07, 6.45) is 7.32. The molecule has 0 spiro atoms. The molecule has 0 unspecified atom stereocenters. The van der Waals surface area contributed by atoms with Crippen LogP contribution in [0.4, 0.5) is 0 Å². The van der Waals surface area contributed by atoms with E-state index in [2.05, 4.69) is 123 Å². The van der Waals surface area contributed by atoms with Crippen molar-refractivity contribution < 1.29 is 0 Å². The Labute approximate surface area is 281 Å². The van der Waals surface area contributed by atoms with Gasteiger partial charge in [0.15, 0.2) is 0 Å². The molecule has 4 heterocycles. The van der Waals surface area contributed by atoms with E-state index < -0.39 is 0 Å². The second-order valence-corrected chi connectivity index (χ2v) is 14.0. The summed E-state index contributed by atoms with van der Waals surface area (Å²) < 4.78 is 0. The highest BCUT2D eigenvalue weighted by Crippen LogP contribution is 2.56. The Balaban J connectivity index is 1.10. The van der Waals surface area contributed by atoms with Crippen LogP contribution < -0.4 is 0 Å². The largest absolute Gasteiger partial charge is 0.264 e. The first-order valence-corrected chi connectivity index (χ1v) is 16.5. The van der Waals surface area contributed by atoms with E-state index in [1.165, 1.54) is 44.5 Å². The predicted molar refractivity (Wildman–Crippen MR) is 194 cm³/mol. The fourth-order valence-electron chi connectivity index (χ4n) is 7.82. The molecular formula is C44H34N4. The first-order chi connectivity index (χ1) is 23.3. The highest BCUT2D eigenvalue weighted by atomic mass is 14.7. The van der Waals surface area contributed by atoms with Crippen molar-refractivity contribution in [3.05, 3.63) is 156 Å². The molecule has 0 N–H and O–H groups in total. The Kier molecular flexibility index (Phi) is 6.16. The summed E-state index contributed by atoms with van der Waals surface area (Å²) in [5.74, 6) is 0. The zero-order valence-electron chi connectivity index (χ0n) is 27.5. The summed E-state index contributed by atoms with van der Waals surface area (Å²) in [4.78, 5) is 18.6. The van der Waals surface area contributed by atoms with Gasteiger partial charge in [-0.1, -0.05) is 64.1 Å². The average molecular weight is 619 g/mol. The molecule has 2 aliphatic rings. The van der Waals surface area contributed by atoms with Gasteiger partial charge in [0, 0.05) is 57.9 Å². The molecule has 0 fully saturated rings. The first kappa shape index (κ1) is 28.5. The zero-order valence-corrected chi connectivity index (χ0v) is 27.5. The Morgan fingerprint density at radius 2 is 0.771 bits per heavy atom. The fraction of sp³-hybridized carbons (Fsp3) is 0.136. The molecule has 0 atom stereocenters. The zero-order chi connectivity index (χ0) is 32.6. The molecule has 0 amide bonds. The lowest BCUT2D eigenvalue weighted by Crippen LogP contribution is -2.17. The maximum atomic E-state index is 5.03. The van der Waals surface area contributed by atoms with Crippen molar-refractivity contribution in [2.45, 2.75) is 38.5 Å². The minimum atomic E-state index is -0.153. The number of hydrogen-bond acceptors (Lipinski definition) is 4. The molecule has 4 heteroatoms. The van der Waals surface area contributed by atoms with Crippen LogP contribution >= 0.6 is 0 Å². The van der Waals surface area contributed by atoms with Gasteiger partial charge >= 0.3 is 0 Å². The van der Waals surface area contributed by atoms with E-state index in [4.69, 9.17) is 9.97 Å². The lowest BCUT2D eigenvalue weighted by atomic mass is 9.79. The number of rotatable bonds is 4. The molecule has 0 aliphatic heterocycles. The van der Waals surface area contributed by atoms with Gasteiger partial charge in [-0.15, -0.1) is 0 Å². The topological polar surface area (TPSA) is 51.6 Å². The quantitative estimate of drug-likeness (QED) is 0.197. The number of fused-ring (bicyclic) bond motifs is 6. The van der Waals surface area contributed by atoms with E-state index >= 15 is 0 Å². The average Bonchev–Trinajstić information content (AvgIpc) is 3.50. The lowest BCUT2D eigenvalue weighted by Gasteiger charge is -2.24. The van der Waals surface area contributed by atoms with Crippen molar-refractivity contribution in [1.29, 1.82) is 0 Å². The maximum absolute atomic E-state index is 5.03. The smallest absolute Gasteiger partial charge is 0.0725 e. The van der Waals surface area contributed by atoms with E-state index in [1.54, 1.807) is 12.4 Å². The van der Waals surface area contributed by atoms with E-state index in [-0.39, 0.29) is 10.8 Å². The van der Waals surface area contributed by atoms with E-state index in [9.17, 15) is 0 Å². The Morgan fingerprint density at radius 3 is 1.17 bits per heavy atom. The van der Waals surface area contributed by atoms with Gasteiger partial charge in [-0.25, -0.2) is 9.97 Å². The van der Waals surface area contributed by atoms with Crippen molar-refractivity contribution in [3.8, 4) is 67.3 Å². The van der Waals surface area contributed by atoms with E-state index in [0.717, 1.165) is 45.0 Å². The van der Waals surface area contributed by atoms with Gasteiger partial charge in [-0.3, -0.25) is 9.97 Å². The van der Waals surface area contributed by atoms with Crippen molar-refractivity contribution in [3.63, 3.8) is 0 Å². The van der Waals surface area contributed by atoms with Crippen LogP contribution in [0.3, 0.4) is 0 Å². The highest BCUT2D eigenvalue weighted by Gasteiger charge is 2.42. The van der Waals surface area contributed by atoms with Gasteiger partial charge in [0.05, 0.1) is 22.8 Å². The minimum Gasteiger partial charge on any atom is -0.264 e. The van der Waals surface area contributed by atoms with Crippen LogP contribution in [0.25, 0.3) is 67.3 Å². The molecular weight excluding hydrogens is 585 g/mol. The van der Waals surface area contributed by atoms with Crippen molar-refractivity contribution in [1.82, 2.24) is 19.9 Å². The third kappa shape index (κ3) is 4.29. The molecule has 7 aromatic rings. The summed E-state index contributed by atoms with van der Waals surface area (Å²) in [5, 5.41) is 0. The van der Waals surface area contributed by atoms with Gasteiger partial charge in [-0.2, -0.15) is 0 Å². The number of nitrogens with zero attached hydrogens (tertiary/aromatic N) is 4. The number of aromatic nitrogens is 4. The molecule has 230 valence electrons. The summed E-state index contributed by atoms with van der Waals surface area (Å²) in [6, 6.07) is 39.2. The fourth-order valence-corrected chi connectivity index (χ4v) is 7.82. The Morgan fingerprint density at radius 1 is 0.375 bits per heavy atom. The van der Waals surface area contributed by atoms with Crippen LogP contribution in [-0.4, -0.2) is 19.9 Å². The molecule has 2 aliphatic carbocycles. The SMILES string of the molecule is CC1(C)c2cc(-c3cccc(-c4cccnc4)n3)ccc2-c2cc3c(cc21)-c1ccc(-c2cccc(-c4cccnc4)n2)cc1C3(C)C. The van der Waals surface area contributed by atoms with Gasteiger partial charge in [0.1, 0.15) is 0 Å². The standard InChI is InChI=1S/C44H34N4/c1-43(2)35-21-27(39-11-5-13-41(47-39)29-9-7-19-45-25-29)15-17-31(35)33-24-38-34(23-37(33)43)32-18-16-28(22-36(32)44(38,3)4)40-12-6-14-42(48-40)30-10-8-20-46-26-30/h5-26H,1-4H3. The molecule has 4 aromatic heterocycles. The van der Waals surface area contributed by atoms with Gasteiger partial charge in [0.25, 0.3) is 0 Å². The summed E-state index contributed by atoms with van der Waals surface area (Å²) in [7, 11) is 0. The molecule has 48 heavy (non-hydrogen) atoms. The number of pyridine rings is 4. The van der Waals surface area contributed by atoms with Gasteiger partial charge in [0.2, 0.25) is 0 Å². The highest BCUT2D eigenvalue weighted by molar-refractivity contribution is 5.91. The van der Waals surface area contributed by atoms with Crippen LogP contribution in [-0.2, 0) is 10.8 Å². The molecule has 9 rings (SSSR count). The lowest BCUT2D eigenvalue weighted by molar-refractivity contribution is 0.652. The number of benzene rings is 3. The summed E-state index contributed by atoms with van der Waals surface area (Å²) in [6.45, 7) is 9.44. The Hall–Kier alpha value is -5.74. The van der Waals surface area contributed by atoms with Crippen molar-refractivity contribution in [2.24, 2.45) is 0 Å². The Bertz CT molecular complexity index is 2220. The summed E-state index contributed by atoms with van der Waals surface area (Å²) in [5.41, 5.74) is 18.6. The third-order valence-electron chi connectivity index (χ3n) is 10.5. The molecule has 0 saturated heterocycles. The normalized spacial score (nSPS) is 14.6. The summed E-state index contributed by atoms with van der Waals surface area (Å²) >= 11 is 0. The second-order valence-electron chi connectivity index (χ2n) is 14.0. The molecule has 4 nitrogen and oxygen atoms in total. The van der Waals surface area contributed by atoms with E-state index in [0.29, 0.717) is 0 Å². The minimum absolute atomic E-state index is 0.153. The van der Waals surface area contributed by atoms with Crippen molar-refractivity contribution in [2.75, 3.05) is 0 Å². The first-order valence-electron chi connectivity index (χ1n) is 16.5. The predicted octanol–water partition coefficient (Wildman–Crippen LogP) is 10.5. The van der Waals surface area contributed by atoms with Gasteiger partial charge < -0.3 is 0 Å².